The maximum Gasteiger partial charge on any atom is 0.514 e. The number of benzene rings is 3. The average Bonchev–Trinajstić information content (AvgIpc) is 0.723. The number of rotatable bonds is 19. The summed E-state index contributed by atoms with van der Waals surface area (Å²) in [5.41, 5.74) is -1.73. The molecular weight excluding hydrogens is 1070 g/mol. The Bertz CT molecular complexity index is 3110. The number of carbonyl (C=O) groups excluding carboxylic acids is 6. The SMILES string of the molecule is CC(=O)O[C@@H]1C(=O)[C@@]2(C)[C@H](O)C[C@@H]3OC[C@]3(OC(C)=O)[C@@H]2[C@@H](OC(=O)c2ccccc2)[C@@]2(O)C[C@@H](OC(=O)[C@H](Cc3ccccc3)OC(=O)Oc3cc(C)c4c(c3)CC[C@@](C)(CC/C=C(\C)CC/C=C(\C)CCC=C(C)C)O4)C(C)=C1C2(C)C. The van der Waals surface area contributed by atoms with Gasteiger partial charge >= 0.3 is 30.0 Å². The lowest BCUT2D eigenvalue weighted by atomic mass is 9.44. The van der Waals surface area contributed by atoms with Gasteiger partial charge < -0.3 is 48.1 Å². The number of aryl methyl sites for hydroxylation is 2. The maximum atomic E-state index is 15.7. The van der Waals surface area contributed by atoms with Crippen molar-refractivity contribution in [3.63, 3.8) is 0 Å². The van der Waals surface area contributed by atoms with Crippen LogP contribution in [0.1, 0.15) is 161 Å². The van der Waals surface area contributed by atoms with Gasteiger partial charge in [0.1, 0.15) is 41.0 Å². The van der Waals surface area contributed by atoms with E-state index in [4.69, 9.17) is 37.9 Å². The summed E-state index contributed by atoms with van der Waals surface area (Å²) >= 11 is 0. The second-order valence-corrected chi connectivity index (χ2v) is 25.1. The number of esters is 4. The second kappa shape index (κ2) is 25.4. The zero-order valence-corrected chi connectivity index (χ0v) is 50.8. The van der Waals surface area contributed by atoms with Crippen molar-refractivity contribution in [2.24, 2.45) is 16.7 Å². The molecule has 0 aromatic heterocycles. The third kappa shape index (κ3) is 13.0. The maximum absolute atomic E-state index is 15.7. The molecule has 2 bridgehead atoms. The highest BCUT2D eigenvalue weighted by Crippen LogP contribution is 2.64. The smallest absolute Gasteiger partial charge is 0.487 e. The van der Waals surface area contributed by atoms with Crippen LogP contribution in [0.25, 0.3) is 0 Å². The minimum absolute atomic E-state index is 0.0184. The molecule has 3 aliphatic carbocycles. The number of Topliss-reactive ketones (excluding diaryl/α,β-unsaturated/α-hetero) is 1. The molecule has 0 unspecified atom stereocenters. The summed E-state index contributed by atoms with van der Waals surface area (Å²) < 4.78 is 49.4. The van der Waals surface area contributed by atoms with E-state index in [-0.39, 0.29) is 41.9 Å². The molecule has 8 rings (SSSR count). The van der Waals surface area contributed by atoms with E-state index in [0.717, 1.165) is 68.7 Å². The van der Waals surface area contributed by atoms with Crippen molar-refractivity contribution in [3.8, 4) is 11.5 Å². The van der Waals surface area contributed by atoms with Gasteiger partial charge in [-0.15, -0.1) is 0 Å². The van der Waals surface area contributed by atoms with Gasteiger partial charge in [-0.3, -0.25) is 14.4 Å². The van der Waals surface area contributed by atoms with E-state index in [1.54, 1.807) is 81.4 Å². The summed E-state index contributed by atoms with van der Waals surface area (Å²) in [5, 5.41) is 26.2. The number of carbonyl (C=O) groups is 6. The molecule has 2 aliphatic heterocycles. The van der Waals surface area contributed by atoms with Crippen LogP contribution < -0.4 is 9.47 Å². The Morgan fingerprint density at radius 2 is 1.44 bits per heavy atom. The first kappa shape index (κ1) is 63.1. The predicted molar refractivity (Wildman–Crippen MR) is 313 cm³/mol. The highest BCUT2D eigenvalue weighted by molar-refractivity contribution is 5.95. The molecule has 11 atom stereocenters. The molecule has 452 valence electrons. The summed E-state index contributed by atoms with van der Waals surface area (Å²) in [6.45, 7) is 20.8. The summed E-state index contributed by atoms with van der Waals surface area (Å²) in [6, 6.07) is 20.1. The standard InChI is InChI=1S/C68H84O16/c1-40(2)22-19-23-41(3)24-20-25-42(4)26-21-32-65(11)33-31-49-36-50(34-43(5)56(49)84-65)79-63(75)81-51(35-47-27-15-13-16-28-47)62(74)80-52-38-68(76)60(82-61(73)48-29-17-14-18-30-48)58-66(12,53(71)37-54-67(58,39-77-54)83-46(8)70)59(72)57(78-45(7)69)55(44(52)6)64(68,9)10/h13-18,22,24,26-30,34,36,51-54,57-58,60,71,76H,19-21,23,25,31-33,35,37-39H2,1-12H3/b41-24+,42-26+/t51-,52+,53+,54-,57-,58+,60+,65+,66-,67+,68-/m0/s1. The summed E-state index contributed by atoms with van der Waals surface area (Å²) in [4.78, 5) is 85.7. The number of hydrogen-bond acceptors (Lipinski definition) is 16. The van der Waals surface area contributed by atoms with Gasteiger partial charge in [0.25, 0.3) is 0 Å². The third-order valence-electron chi connectivity index (χ3n) is 18.3. The summed E-state index contributed by atoms with van der Waals surface area (Å²) in [6.07, 6.45) is 2.68. The largest absolute Gasteiger partial charge is 0.514 e. The van der Waals surface area contributed by atoms with Crippen LogP contribution in [0.3, 0.4) is 0 Å². The first-order chi connectivity index (χ1) is 39.6. The Labute approximate surface area is 493 Å². The van der Waals surface area contributed by atoms with E-state index >= 15 is 4.79 Å². The zero-order chi connectivity index (χ0) is 61.1. The fourth-order valence-corrected chi connectivity index (χ4v) is 13.5. The molecule has 3 aromatic carbocycles. The highest BCUT2D eigenvalue weighted by Gasteiger charge is 2.78. The van der Waals surface area contributed by atoms with Crippen LogP contribution in [-0.4, -0.2) is 106 Å². The lowest BCUT2D eigenvalue weighted by Gasteiger charge is -2.67. The Balaban J connectivity index is 1.07. The van der Waals surface area contributed by atoms with Crippen molar-refractivity contribution in [2.75, 3.05) is 6.61 Å². The van der Waals surface area contributed by atoms with Gasteiger partial charge in [-0.1, -0.05) is 97.3 Å². The number of ether oxygens (including phenoxy) is 8. The second-order valence-electron chi connectivity index (χ2n) is 25.1. The van der Waals surface area contributed by atoms with Crippen molar-refractivity contribution < 1.29 is 76.9 Å². The van der Waals surface area contributed by atoms with Crippen LogP contribution in [0.15, 0.2) is 119 Å². The molecule has 84 heavy (non-hydrogen) atoms. The molecule has 3 aromatic rings. The third-order valence-corrected chi connectivity index (χ3v) is 18.3. The topological polar surface area (TPSA) is 217 Å². The van der Waals surface area contributed by atoms with Crippen LogP contribution in [0, 0.1) is 23.7 Å². The van der Waals surface area contributed by atoms with Crippen molar-refractivity contribution in [1.29, 1.82) is 0 Å². The molecule has 3 fully saturated rings. The molecular formula is C68H84O16. The number of aliphatic hydroxyl groups excluding tert-OH is 1. The normalized spacial score (nSPS) is 29.1. The number of ketones is 1. The Hall–Kier alpha value is -6.88. The molecule has 2 heterocycles. The molecule has 16 heteroatoms. The Kier molecular flexibility index (Phi) is 19.1. The lowest BCUT2D eigenvalue weighted by molar-refractivity contribution is -0.346. The van der Waals surface area contributed by atoms with E-state index in [1.807, 2.05) is 6.92 Å². The fraction of sp³-hybridized carbons (Fsp3) is 0.529. The van der Waals surface area contributed by atoms with E-state index in [9.17, 15) is 34.2 Å². The zero-order valence-electron chi connectivity index (χ0n) is 50.8. The molecule has 0 spiro atoms. The van der Waals surface area contributed by atoms with Gasteiger partial charge in [-0.2, -0.15) is 0 Å². The first-order valence-electron chi connectivity index (χ1n) is 29.4. The predicted octanol–water partition coefficient (Wildman–Crippen LogP) is 11.6. The van der Waals surface area contributed by atoms with Gasteiger partial charge in [0, 0.05) is 38.5 Å². The number of aliphatic hydroxyl groups is 2. The van der Waals surface area contributed by atoms with E-state index in [2.05, 4.69) is 52.8 Å². The molecule has 2 saturated carbocycles. The van der Waals surface area contributed by atoms with Gasteiger partial charge in [0.2, 0.25) is 6.10 Å². The minimum atomic E-state index is -2.40. The van der Waals surface area contributed by atoms with Gasteiger partial charge in [0.15, 0.2) is 17.5 Å². The molecule has 5 aliphatic rings. The first-order valence-corrected chi connectivity index (χ1v) is 29.4. The van der Waals surface area contributed by atoms with E-state index in [1.165, 1.54) is 42.7 Å². The van der Waals surface area contributed by atoms with Crippen molar-refractivity contribution in [3.05, 3.63) is 141 Å². The van der Waals surface area contributed by atoms with Gasteiger partial charge in [0.05, 0.1) is 29.6 Å². The van der Waals surface area contributed by atoms with E-state index < -0.39 is 112 Å². The van der Waals surface area contributed by atoms with Crippen LogP contribution in [0.4, 0.5) is 4.79 Å². The number of hydrogen-bond donors (Lipinski definition) is 2. The summed E-state index contributed by atoms with van der Waals surface area (Å²) in [5.74, 6) is -5.15. The van der Waals surface area contributed by atoms with Crippen molar-refractivity contribution in [2.45, 2.75) is 207 Å². The highest BCUT2D eigenvalue weighted by atomic mass is 16.7. The van der Waals surface area contributed by atoms with Crippen LogP contribution in [0.2, 0.25) is 0 Å². The summed E-state index contributed by atoms with van der Waals surface area (Å²) in [7, 11) is 0. The average molecular weight is 1160 g/mol. The quantitative estimate of drug-likeness (QED) is 0.0494. The molecule has 0 amide bonds. The van der Waals surface area contributed by atoms with E-state index in [0.29, 0.717) is 12.0 Å². The van der Waals surface area contributed by atoms with Crippen LogP contribution in [0.5, 0.6) is 11.5 Å². The van der Waals surface area contributed by atoms with Crippen molar-refractivity contribution >= 4 is 35.8 Å². The van der Waals surface area contributed by atoms with Crippen molar-refractivity contribution in [1.82, 2.24) is 0 Å². The Morgan fingerprint density at radius 3 is 2.06 bits per heavy atom. The monoisotopic (exact) mass is 1160 g/mol. The van der Waals surface area contributed by atoms with Crippen LogP contribution in [-0.2, 0) is 60.4 Å². The fourth-order valence-electron chi connectivity index (χ4n) is 13.5. The Morgan fingerprint density at radius 1 is 0.798 bits per heavy atom. The molecule has 16 nitrogen and oxygen atoms in total. The molecule has 2 N–H and O–H groups in total. The minimum Gasteiger partial charge on any atom is -0.487 e. The van der Waals surface area contributed by atoms with Gasteiger partial charge in [-0.05, 0) is 159 Å². The van der Waals surface area contributed by atoms with Gasteiger partial charge in [-0.25, -0.2) is 14.4 Å². The lowest BCUT2D eigenvalue weighted by Crippen LogP contribution is -2.82. The number of allylic oxidation sites excluding steroid dienone is 6. The molecule has 1 saturated heterocycles. The van der Waals surface area contributed by atoms with Crippen LogP contribution >= 0.6 is 0 Å². The molecule has 0 radical (unpaired) electrons. The number of fused-ring (bicyclic) bond motifs is 6.